The van der Waals surface area contributed by atoms with E-state index >= 15 is 0 Å². The van der Waals surface area contributed by atoms with Gasteiger partial charge >= 0.3 is 0 Å². The molecule has 0 atom stereocenters. The average molecular weight is 424 g/mol. The Morgan fingerprint density at radius 2 is 1.90 bits per heavy atom. The van der Waals surface area contributed by atoms with Crippen LogP contribution in [0.5, 0.6) is 0 Å². The lowest BCUT2D eigenvalue weighted by Crippen LogP contribution is -2.32. The van der Waals surface area contributed by atoms with Gasteiger partial charge in [0.05, 0.1) is 23.5 Å². The average Bonchev–Trinajstić information content (AvgIpc) is 3.28. The molecule has 1 fully saturated rings. The molecule has 4 rings (SSSR count). The predicted molar refractivity (Wildman–Crippen MR) is 121 cm³/mol. The number of nitrogens with one attached hydrogen (secondary N) is 1. The van der Waals surface area contributed by atoms with E-state index in [0.717, 1.165) is 48.2 Å². The Balaban J connectivity index is 1.41. The van der Waals surface area contributed by atoms with Crippen molar-refractivity contribution in [3.63, 3.8) is 0 Å². The van der Waals surface area contributed by atoms with Crippen molar-refractivity contribution >= 4 is 22.4 Å². The van der Waals surface area contributed by atoms with Gasteiger partial charge in [-0.25, -0.2) is 4.98 Å². The molecule has 1 N–H and O–H groups in total. The molecule has 30 heavy (non-hydrogen) atoms. The van der Waals surface area contributed by atoms with Crippen molar-refractivity contribution in [3.8, 4) is 0 Å². The Kier molecular flexibility index (Phi) is 6.29. The number of piperidine rings is 1. The Morgan fingerprint density at radius 1 is 1.17 bits per heavy atom. The van der Waals surface area contributed by atoms with E-state index in [0.29, 0.717) is 17.2 Å². The lowest BCUT2D eigenvalue weighted by atomic mass is 9.99. The number of benzene rings is 1. The minimum atomic E-state index is -0.142. The molecule has 3 aromatic rings. The van der Waals surface area contributed by atoms with E-state index < -0.39 is 0 Å². The lowest BCUT2D eigenvalue weighted by molar-refractivity contribution is 0.102. The van der Waals surface area contributed by atoms with Gasteiger partial charge in [-0.3, -0.25) is 19.7 Å². The topological polar surface area (TPSA) is 63.1 Å². The summed E-state index contributed by atoms with van der Waals surface area (Å²) in [4.78, 5) is 20.0. The number of hydrogen-bond acceptors (Lipinski definition) is 5. The molecule has 158 valence electrons. The SMILES string of the molecule is Cc1nn(Cc2ccccc2)c(C)c1C(=O)Nc1nc(CN2CCC(C)CC2)cs1. The second kappa shape index (κ2) is 9.10. The van der Waals surface area contributed by atoms with Crippen LogP contribution in [-0.4, -0.2) is 38.7 Å². The number of rotatable bonds is 6. The van der Waals surface area contributed by atoms with E-state index in [4.69, 9.17) is 0 Å². The van der Waals surface area contributed by atoms with Crippen molar-refractivity contribution in [3.05, 3.63) is 63.9 Å². The third-order valence-corrected chi connectivity index (χ3v) is 6.62. The van der Waals surface area contributed by atoms with Crippen LogP contribution in [0.15, 0.2) is 35.7 Å². The van der Waals surface area contributed by atoms with Gasteiger partial charge in [0.1, 0.15) is 0 Å². The van der Waals surface area contributed by atoms with E-state index in [1.807, 2.05) is 42.1 Å². The maximum absolute atomic E-state index is 12.9. The molecule has 0 radical (unpaired) electrons. The minimum absolute atomic E-state index is 0.142. The van der Waals surface area contributed by atoms with E-state index in [1.54, 1.807) is 0 Å². The zero-order valence-electron chi connectivity index (χ0n) is 17.9. The van der Waals surface area contributed by atoms with Crippen molar-refractivity contribution in [1.29, 1.82) is 0 Å². The summed E-state index contributed by atoms with van der Waals surface area (Å²) < 4.78 is 1.89. The number of hydrogen-bond donors (Lipinski definition) is 1. The molecule has 0 bridgehead atoms. The molecule has 1 aliphatic heterocycles. The van der Waals surface area contributed by atoms with Gasteiger partial charge in [0.25, 0.3) is 5.91 Å². The Morgan fingerprint density at radius 3 is 2.63 bits per heavy atom. The Labute approximate surface area is 181 Å². The molecule has 1 saturated heterocycles. The first kappa shape index (κ1) is 20.8. The number of aromatic nitrogens is 3. The minimum Gasteiger partial charge on any atom is -0.298 e. The first-order valence-corrected chi connectivity index (χ1v) is 11.4. The van der Waals surface area contributed by atoms with Crippen LogP contribution in [0.2, 0.25) is 0 Å². The van der Waals surface area contributed by atoms with Gasteiger partial charge in [0.2, 0.25) is 0 Å². The van der Waals surface area contributed by atoms with E-state index in [2.05, 4.69) is 39.4 Å². The van der Waals surface area contributed by atoms with Crippen LogP contribution in [0.4, 0.5) is 5.13 Å². The van der Waals surface area contributed by atoms with Crippen molar-refractivity contribution in [1.82, 2.24) is 19.7 Å². The molecule has 3 heterocycles. The number of aryl methyl sites for hydroxylation is 1. The molecular formula is C23H29N5OS. The van der Waals surface area contributed by atoms with Gasteiger partial charge < -0.3 is 0 Å². The van der Waals surface area contributed by atoms with Gasteiger partial charge in [0.15, 0.2) is 5.13 Å². The number of carbonyl (C=O) groups excluding carboxylic acids is 1. The third kappa shape index (κ3) is 4.79. The molecule has 1 aromatic carbocycles. The number of carbonyl (C=O) groups is 1. The normalized spacial score (nSPS) is 15.4. The highest BCUT2D eigenvalue weighted by Gasteiger charge is 2.21. The first-order chi connectivity index (χ1) is 14.5. The molecule has 0 aliphatic carbocycles. The summed E-state index contributed by atoms with van der Waals surface area (Å²) in [6.45, 7) is 9.90. The van der Waals surface area contributed by atoms with Crippen LogP contribution in [0, 0.1) is 19.8 Å². The van der Waals surface area contributed by atoms with Crippen LogP contribution >= 0.6 is 11.3 Å². The number of anilines is 1. The highest BCUT2D eigenvalue weighted by molar-refractivity contribution is 7.14. The third-order valence-electron chi connectivity index (χ3n) is 5.82. The van der Waals surface area contributed by atoms with E-state index in [1.165, 1.54) is 24.2 Å². The zero-order valence-corrected chi connectivity index (χ0v) is 18.7. The molecule has 0 spiro atoms. The van der Waals surface area contributed by atoms with E-state index in [-0.39, 0.29) is 5.91 Å². The van der Waals surface area contributed by atoms with Gasteiger partial charge in [-0.05, 0) is 51.3 Å². The molecule has 0 saturated carbocycles. The smallest absolute Gasteiger partial charge is 0.261 e. The zero-order chi connectivity index (χ0) is 21.1. The molecule has 2 aromatic heterocycles. The maximum atomic E-state index is 12.9. The predicted octanol–water partition coefficient (Wildman–Crippen LogP) is 4.49. The van der Waals surface area contributed by atoms with Crippen molar-refractivity contribution in [2.75, 3.05) is 18.4 Å². The van der Waals surface area contributed by atoms with Gasteiger partial charge in [0, 0.05) is 17.6 Å². The number of amides is 1. The summed E-state index contributed by atoms with van der Waals surface area (Å²) >= 11 is 1.49. The number of nitrogens with zero attached hydrogens (tertiary/aromatic N) is 4. The summed E-state index contributed by atoms with van der Waals surface area (Å²) in [5.74, 6) is 0.679. The summed E-state index contributed by atoms with van der Waals surface area (Å²) in [6, 6.07) is 10.2. The van der Waals surface area contributed by atoms with Crippen molar-refractivity contribution in [2.45, 2.75) is 46.7 Å². The van der Waals surface area contributed by atoms with Crippen LogP contribution < -0.4 is 5.32 Å². The van der Waals surface area contributed by atoms with Crippen LogP contribution in [-0.2, 0) is 13.1 Å². The van der Waals surface area contributed by atoms with Crippen molar-refractivity contribution in [2.24, 2.45) is 5.92 Å². The van der Waals surface area contributed by atoms with Crippen LogP contribution in [0.3, 0.4) is 0 Å². The fourth-order valence-corrected chi connectivity index (χ4v) is 4.68. The molecular weight excluding hydrogens is 394 g/mol. The summed E-state index contributed by atoms with van der Waals surface area (Å²) in [6.07, 6.45) is 2.50. The van der Waals surface area contributed by atoms with Gasteiger partial charge in [-0.2, -0.15) is 5.10 Å². The first-order valence-electron chi connectivity index (χ1n) is 10.6. The van der Waals surface area contributed by atoms with E-state index in [9.17, 15) is 4.79 Å². The maximum Gasteiger partial charge on any atom is 0.261 e. The molecule has 1 amide bonds. The van der Waals surface area contributed by atoms with Crippen LogP contribution in [0.1, 0.15) is 52.8 Å². The molecule has 6 nitrogen and oxygen atoms in total. The van der Waals surface area contributed by atoms with Gasteiger partial charge in [-0.1, -0.05) is 37.3 Å². The standard InChI is InChI=1S/C23H29N5OS/c1-16-9-11-27(12-10-16)14-20-15-30-23(24-20)25-22(29)21-17(2)26-28(18(21)3)13-19-7-5-4-6-8-19/h4-8,15-16H,9-14H2,1-3H3,(H,24,25,29). The second-order valence-corrected chi connectivity index (χ2v) is 9.10. The highest BCUT2D eigenvalue weighted by atomic mass is 32.1. The largest absolute Gasteiger partial charge is 0.298 e. The molecule has 0 unspecified atom stereocenters. The fraction of sp³-hybridized carbons (Fsp3) is 0.435. The summed E-state index contributed by atoms with van der Waals surface area (Å²) in [5.41, 5.74) is 4.42. The quantitative estimate of drug-likeness (QED) is 0.635. The molecule has 1 aliphatic rings. The monoisotopic (exact) mass is 423 g/mol. The number of thiazole rings is 1. The summed E-state index contributed by atoms with van der Waals surface area (Å²) in [7, 11) is 0. The lowest BCUT2D eigenvalue weighted by Gasteiger charge is -2.29. The van der Waals surface area contributed by atoms with Crippen LogP contribution in [0.25, 0.3) is 0 Å². The number of likely N-dealkylation sites (tertiary alicyclic amines) is 1. The fourth-order valence-electron chi connectivity index (χ4n) is 3.98. The van der Waals surface area contributed by atoms with Crippen molar-refractivity contribution < 1.29 is 4.79 Å². The highest BCUT2D eigenvalue weighted by Crippen LogP contribution is 2.22. The Bertz CT molecular complexity index is 1000. The van der Waals surface area contributed by atoms with Gasteiger partial charge in [-0.15, -0.1) is 11.3 Å². The Hall–Kier alpha value is -2.51. The molecule has 7 heteroatoms. The second-order valence-electron chi connectivity index (χ2n) is 8.25. The summed E-state index contributed by atoms with van der Waals surface area (Å²) in [5, 5.41) is 10.3.